The molecule has 0 aliphatic carbocycles. The van der Waals surface area contributed by atoms with Crippen LogP contribution in [0.2, 0.25) is 0 Å². The van der Waals surface area contributed by atoms with Crippen LogP contribution in [0.1, 0.15) is 30.4 Å². The number of carbonyl (C=O) groups excluding carboxylic acids is 2. The van der Waals surface area contributed by atoms with Crippen molar-refractivity contribution in [3.05, 3.63) is 59.7 Å². The summed E-state index contributed by atoms with van der Waals surface area (Å²) in [5, 5.41) is 5.90. The number of nitrogens with zero attached hydrogens (tertiary/aromatic N) is 1. The zero-order valence-electron chi connectivity index (χ0n) is 14.7. The summed E-state index contributed by atoms with van der Waals surface area (Å²) in [6, 6.07) is 16.2. The highest BCUT2D eigenvalue weighted by Gasteiger charge is 2.29. The van der Waals surface area contributed by atoms with E-state index in [1.807, 2.05) is 41.3 Å². The molecule has 26 heavy (non-hydrogen) atoms. The average Bonchev–Trinajstić information content (AvgIpc) is 3.11. The van der Waals surface area contributed by atoms with Gasteiger partial charge in [-0.2, -0.15) is 0 Å². The standard InChI is InChI=1S/C21H23N3O2/c25-20-11-8-16-14-17(9-10-19(16)23-20)22-21(26)24-12-4-7-18(24)13-15-5-2-1-3-6-15/h1-3,5-6,9-10,14,18H,4,7-8,11-13H2,(H,22,26)(H,23,25)/t18-/m0/s1. The van der Waals surface area contributed by atoms with Crippen molar-refractivity contribution in [2.24, 2.45) is 0 Å². The van der Waals surface area contributed by atoms with E-state index < -0.39 is 0 Å². The van der Waals surface area contributed by atoms with Gasteiger partial charge in [-0.15, -0.1) is 0 Å². The third kappa shape index (κ3) is 3.57. The predicted octanol–water partition coefficient (Wildman–Crippen LogP) is 3.81. The Hall–Kier alpha value is -2.82. The molecule has 0 spiro atoms. The minimum absolute atomic E-state index is 0.0387. The largest absolute Gasteiger partial charge is 0.326 e. The van der Waals surface area contributed by atoms with Crippen LogP contribution in [0.15, 0.2) is 48.5 Å². The van der Waals surface area contributed by atoms with Crippen molar-refractivity contribution < 1.29 is 9.59 Å². The Bertz CT molecular complexity index is 819. The Kier molecular flexibility index (Phi) is 4.61. The molecule has 1 fully saturated rings. The average molecular weight is 349 g/mol. The van der Waals surface area contributed by atoms with Gasteiger partial charge in [0.25, 0.3) is 0 Å². The number of carbonyl (C=O) groups is 2. The van der Waals surface area contributed by atoms with Gasteiger partial charge in [0.1, 0.15) is 0 Å². The number of urea groups is 1. The molecular weight excluding hydrogens is 326 g/mol. The number of likely N-dealkylation sites (tertiary alicyclic amines) is 1. The second kappa shape index (κ2) is 7.20. The predicted molar refractivity (Wildman–Crippen MR) is 102 cm³/mol. The number of rotatable bonds is 3. The first-order valence-electron chi connectivity index (χ1n) is 9.23. The highest BCUT2D eigenvalue weighted by molar-refractivity contribution is 5.95. The molecule has 1 atom stereocenters. The third-order valence-electron chi connectivity index (χ3n) is 5.20. The monoisotopic (exact) mass is 349 g/mol. The van der Waals surface area contributed by atoms with Gasteiger partial charge in [-0.1, -0.05) is 30.3 Å². The summed E-state index contributed by atoms with van der Waals surface area (Å²) in [5.74, 6) is 0.0510. The molecule has 0 saturated carbocycles. The fourth-order valence-corrected chi connectivity index (χ4v) is 3.86. The molecule has 2 aromatic rings. The Morgan fingerprint density at radius 3 is 2.85 bits per heavy atom. The van der Waals surface area contributed by atoms with E-state index in [-0.39, 0.29) is 18.0 Å². The molecule has 0 radical (unpaired) electrons. The summed E-state index contributed by atoms with van der Waals surface area (Å²) in [4.78, 5) is 26.2. The van der Waals surface area contributed by atoms with Crippen LogP contribution in [0.5, 0.6) is 0 Å². The third-order valence-corrected chi connectivity index (χ3v) is 5.20. The van der Waals surface area contributed by atoms with Crippen LogP contribution in [0.25, 0.3) is 0 Å². The number of nitrogens with one attached hydrogen (secondary N) is 2. The minimum atomic E-state index is -0.0387. The number of aryl methyl sites for hydroxylation is 1. The molecule has 5 nitrogen and oxygen atoms in total. The Morgan fingerprint density at radius 2 is 2.00 bits per heavy atom. The summed E-state index contributed by atoms with van der Waals surface area (Å²) < 4.78 is 0. The van der Waals surface area contributed by atoms with E-state index in [4.69, 9.17) is 0 Å². The number of anilines is 2. The lowest BCUT2D eigenvalue weighted by atomic mass is 10.0. The number of amides is 3. The van der Waals surface area contributed by atoms with Gasteiger partial charge in [-0.3, -0.25) is 4.79 Å². The maximum Gasteiger partial charge on any atom is 0.322 e. The van der Waals surface area contributed by atoms with Gasteiger partial charge in [0.15, 0.2) is 0 Å². The van der Waals surface area contributed by atoms with Crippen molar-refractivity contribution in [2.75, 3.05) is 17.2 Å². The van der Waals surface area contributed by atoms with Crippen LogP contribution in [0, 0.1) is 0 Å². The molecule has 2 aliphatic rings. The van der Waals surface area contributed by atoms with Crippen LogP contribution in [0.4, 0.5) is 16.2 Å². The number of fused-ring (bicyclic) bond motifs is 1. The van der Waals surface area contributed by atoms with Crippen molar-refractivity contribution in [1.29, 1.82) is 0 Å². The second-order valence-electron chi connectivity index (χ2n) is 7.03. The van der Waals surface area contributed by atoms with Crippen LogP contribution in [-0.2, 0) is 17.6 Å². The van der Waals surface area contributed by atoms with Crippen molar-refractivity contribution in [1.82, 2.24) is 4.90 Å². The fourth-order valence-electron chi connectivity index (χ4n) is 3.86. The van der Waals surface area contributed by atoms with Crippen LogP contribution in [-0.4, -0.2) is 29.4 Å². The van der Waals surface area contributed by atoms with Gasteiger partial charge in [0.05, 0.1) is 0 Å². The maximum atomic E-state index is 12.8. The molecule has 2 aliphatic heterocycles. The Labute approximate surface area is 153 Å². The van der Waals surface area contributed by atoms with Crippen molar-refractivity contribution in [2.45, 2.75) is 38.1 Å². The van der Waals surface area contributed by atoms with Gasteiger partial charge in [-0.25, -0.2) is 4.79 Å². The Balaban J connectivity index is 1.43. The van der Waals surface area contributed by atoms with E-state index in [0.717, 1.165) is 42.7 Å². The molecule has 3 amide bonds. The van der Waals surface area contributed by atoms with E-state index in [1.54, 1.807) is 0 Å². The van der Waals surface area contributed by atoms with Gasteiger partial charge in [0.2, 0.25) is 5.91 Å². The van der Waals surface area contributed by atoms with Gasteiger partial charge >= 0.3 is 6.03 Å². The van der Waals surface area contributed by atoms with E-state index in [9.17, 15) is 9.59 Å². The fraction of sp³-hybridized carbons (Fsp3) is 0.333. The minimum Gasteiger partial charge on any atom is -0.326 e. The molecule has 2 heterocycles. The molecule has 0 unspecified atom stereocenters. The first-order valence-corrected chi connectivity index (χ1v) is 9.23. The number of hydrogen-bond acceptors (Lipinski definition) is 2. The van der Waals surface area contributed by atoms with Crippen LogP contribution in [0.3, 0.4) is 0 Å². The summed E-state index contributed by atoms with van der Waals surface area (Å²) in [6.07, 6.45) is 4.19. The second-order valence-corrected chi connectivity index (χ2v) is 7.03. The van der Waals surface area contributed by atoms with E-state index in [1.165, 1.54) is 5.56 Å². The highest BCUT2D eigenvalue weighted by atomic mass is 16.2. The smallest absolute Gasteiger partial charge is 0.322 e. The van der Waals surface area contributed by atoms with Gasteiger partial charge in [-0.05, 0) is 55.0 Å². The van der Waals surface area contributed by atoms with Crippen LogP contribution >= 0.6 is 0 Å². The number of hydrogen-bond donors (Lipinski definition) is 2. The normalized spacial score (nSPS) is 19.0. The highest BCUT2D eigenvalue weighted by Crippen LogP contribution is 2.27. The van der Waals surface area contributed by atoms with Crippen molar-refractivity contribution in [3.8, 4) is 0 Å². The zero-order chi connectivity index (χ0) is 17.9. The van der Waals surface area contributed by atoms with Crippen LogP contribution < -0.4 is 10.6 Å². The van der Waals surface area contributed by atoms with E-state index >= 15 is 0 Å². The van der Waals surface area contributed by atoms with E-state index in [2.05, 4.69) is 22.8 Å². The summed E-state index contributed by atoms with van der Waals surface area (Å²) in [7, 11) is 0. The molecule has 2 aromatic carbocycles. The quantitative estimate of drug-likeness (QED) is 0.885. The lowest BCUT2D eigenvalue weighted by Crippen LogP contribution is -2.39. The number of benzene rings is 2. The SMILES string of the molecule is O=C1CCc2cc(NC(=O)N3CCC[C@H]3Cc3ccccc3)ccc2N1. The van der Waals surface area contributed by atoms with Gasteiger partial charge < -0.3 is 15.5 Å². The topological polar surface area (TPSA) is 61.4 Å². The Morgan fingerprint density at radius 1 is 1.15 bits per heavy atom. The summed E-state index contributed by atoms with van der Waals surface area (Å²) in [5.41, 5.74) is 3.98. The lowest BCUT2D eigenvalue weighted by Gasteiger charge is -2.25. The molecule has 0 bridgehead atoms. The summed E-state index contributed by atoms with van der Waals surface area (Å²) >= 11 is 0. The van der Waals surface area contributed by atoms with Gasteiger partial charge in [0, 0.05) is 30.4 Å². The first kappa shape index (κ1) is 16.6. The molecule has 1 saturated heterocycles. The zero-order valence-corrected chi connectivity index (χ0v) is 14.7. The van der Waals surface area contributed by atoms with E-state index in [0.29, 0.717) is 12.8 Å². The molecule has 134 valence electrons. The van der Waals surface area contributed by atoms with Crippen molar-refractivity contribution >= 4 is 23.3 Å². The summed E-state index contributed by atoms with van der Waals surface area (Å²) in [6.45, 7) is 0.796. The lowest BCUT2D eigenvalue weighted by molar-refractivity contribution is -0.116. The molecule has 5 heteroatoms. The maximum absolute atomic E-state index is 12.8. The molecule has 0 aromatic heterocycles. The first-order chi connectivity index (χ1) is 12.7. The molecular formula is C21H23N3O2. The van der Waals surface area contributed by atoms with Crippen molar-refractivity contribution in [3.63, 3.8) is 0 Å². The molecule has 4 rings (SSSR count). The molecule has 2 N–H and O–H groups in total.